The second-order valence-electron chi connectivity index (χ2n) is 8.62. The minimum absolute atomic E-state index is 0.0184. The normalized spacial score (nSPS) is 12.0. The largest absolute Gasteiger partial charge is 0.384 e. The third-order valence-corrected chi connectivity index (χ3v) is 7.10. The molecule has 1 atom stereocenters. The number of hydrogen-bond donors (Lipinski definition) is 3. The number of amidine groups is 1. The monoisotopic (exact) mass is 497 g/mol. The Morgan fingerprint density at radius 2 is 1.56 bits per heavy atom. The van der Waals surface area contributed by atoms with Gasteiger partial charge < -0.3 is 11.1 Å². The molecule has 4 aromatic carbocycles. The Morgan fingerprint density at radius 3 is 2.22 bits per heavy atom. The quantitative estimate of drug-likeness (QED) is 0.235. The Labute approximate surface area is 211 Å². The summed E-state index contributed by atoms with van der Waals surface area (Å²) in [4.78, 5) is 13.7. The number of nitrogen functional groups attached to an aromatic ring is 1. The second kappa shape index (κ2) is 10.6. The molecular weight excluding hydrogens is 470 g/mol. The van der Waals surface area contributed by atoms with Crippen LogP contribution in [0.4, 0.5) is 5.69 Å². The van der Waals surface area contributed by atoms with Gasteiger partial charge in [0, 0.05) is 23.1 Å². The molecule has 0 aliphatic rings. The van der Waals surface area contributed by atoms with Gasteiger partial charge in [-0.2, -0.15) is 0 Å². The highest BCUT2D eigenvalue weighted by molar-refractivity contribution is 7.90. The van der Waals surface area contributed by atoms with Gasteiger partial charge in [-0.1, -0.05) is 78.9 Å². The summed E-state index contributed by atoms with van der Waals surface area (Å²) < 4.78 is 24.4. The van der Waals surface area contributed by atoms with Crippen LogP contribution in [0.1, 0.15) is 22.6 Å². The van der Waals surface area contributed by atoms with Gasteiger partial charge in [0.2, 0.25) is 5.91 Å². The minimum atomic E-state index is -3.38. The van der Waals surface area contributed by atoms with E-state index in [0.29, 0.717) is 23.2 Å². The molecule has 0 spiro atoms. The second-order valence-corrected chi connectivity index (χ2v) is 10.6. The number of carbonyl (C=O) groups excluding carboxylic acids is 1. The predicted octanol–water partition coefficient (Wildman–Crippen LogP) is 5.01. The van der Waals surface area contributed by atoms with E-state index in [0.717, 1.165) is 16.7 Å². The zero-order valence-electron chi connectivity index (χ0n) is 19.8. The molecule has 0 heterocycles. The maximum atomic E-state index is 13.4. The lowest BCUT2D eigenvalue weighted by Crippen LogP contribution is -2.23. The fourth-order valence-electron chi connectivity index (χ4n) is 4.14. The summed E-state index contributed by atoms with van der Waals surface area (Å²) in [5.74, 6) is -0.646. The van der Waals surface area contributed by atoms with Crippen molar-refractivity contribution in [1.29, 1.82) is 5.41 Å². The third kappa shape index (κ3) is 5.87. The first-order valence-corrected chi connectivity index (χ1v) is 13.3. The van der Waals surface area contributed by atoms with Gasteiger partial charge in [0.15, 0.2) is 9.84 Å². The molecule has 0 aliphatic heterocycles. The lowest BCUT2D eigenvalue weighted by molar-refractivity contribution is -0.117. The first kappa shape index (κ1) is 24.9. The molecule has 182 valence electrons. The van der Waals surface area contributed by atoms with Crippen LogP contribution >= 0.6 is 0 Å². The summed E-state index contributed by atoms with van der Waals surface area (Å²) in [7, 11) is -3.38. The number of benzene rings is 4. The molecule has 4 rings (SSSR count). The molecule has 6 nitrogen and oxygen atoms in total. The standard InChI is InChI=1S/C29H27N3O3S/c1-36(34,35)27-13-6-5-12-25(27)22-14-16-24(17-15-22)32-29(33)26(21-9-3-2-4-10-21)19-20-8-7-11-23(18-20)28(30)31/h2-18,26H,19H2,1H3,(H3,30,31)(H,32,33). The zero-order chi connectivity index (χ0) is 25.7. The highest BCUT2D eigenvalue weighted by Crippen LogP contribution is 2.29. The molecule has 0 radical (unpaired) electrons. The number of nitrogens with two attached hydrogens (primary N) is 1. The van der Waals surface area contributed by atoms with Crippen molar-refractivity contribution in [3.8, 4) is 11.1 Å². The van der Waals surface area contributed by atoms with E-state index >= 15 is 0 Å². The molecule has 1 amide bonds. The van der Waals surface area contributed by atoms with Gasteiger partial charge in [-0.05, 0) is 47.4 Å². The average molecular weight is 498 g/mol. The summed E-state index contributed by atoms with van der Waals surface area (Å²) in [5.41, 5.74) is 10.0. The van der Waals surface area contributed by atoms with Gasteiger partial charge in [0.1, 0.15) is 5.84 Å². The molecule has 36 heavy (non-hydrogen) atoms. The van der Waals surface area contributed by atoms with Crippen LogP contribution in [0, 0.1) is 5.41 Å². The van der Waals surface area contributed by atoms with E-state index in [9.17, 15) is 13.2 Å². The van der Waals surface area contributed by atoms with Crippen molar-refractivity contribution in [1.82, 2.24) is 0 Å². The molecule has 0 saturated heterocycles. The number of sulfone groups is 1. The summed E-state index contributed by atoms with van der Waals surface area (Å²) in [6, 6.07) is 30.9. The first-order valence-electron chi connectivity index (χ1n) is 11.4. The van der Waals surface area contributed by atoms with E-state index in [1.54, 1.807) is 54.6 Å². The average Bonchev–Trinajstić information content (AvgIpc) is 2.88. The fourth-order valence-corrected chi connectivity index (χ4v) is 5.05. The van der Waals surface area contributed by atoms with Gasteiger partial charge in [-0.25, -0.2) is 8.42 Å². The van der Waals surface area contributed by atoms with Crippen LogP contribution in [0.5, 0.6) is 0 Å². The van der Waals surface area contributed by atoms with Crippen molar-refractivity contribution in [3.05, 3.63) is 120 Å². The van der Waals surface area contributed by atoms with E-state index in [-0.39, 0.29) is 16.6 Å². The number of amides is 1. The lowest BCUT2D eigenvalue weighted by Gasteiger charge is -2.18. The van der Waals surface area contributed by atoms with Gasteiger partial charge in [0.25, 0.3) is 0 Å². The zero-order valence-corrected chi connectivity index (χ0v) is 20.6. The minimum Gasteiger partial charge on any atom is -0.384 e. The van der Waals surface area contributed by atoms with Gasteiger partial charge in [-0.3, -0.25) is 10.2 Å². The fraction of sp³-hybridized carbons (Fsp3) is 0.103. The highest BCUT2D eigenvalue weighted by Gasteiger charge is 2.22. The number of anilines is 1. The molecule has 0 aromatic heterocycles. The van der Waals surface area contributed by atoms with Crippen molar-refractivity contribution in [3.63, 3.8) is 0 Å². The first-order chi connectivity index (χ1) is 17.2. The molecule has 0 aliphatic carbocycles. The van der Waals surface area contributed by atoms with E-state index in [4.69, 9.17) is 11.1 Å². The van der Waals surface area contributed by atoms with Crippen LogP contribution in [-0.4, -0.2) is 26.4 Å². The molecule has 7 heteroatoms. The summed E-state index contributed by atoms with van der Waals surface area (Å²) in [6.45, 7) is 0. The van der Waals surface area contributed by atoms with Crippen molar-refractivity contribution >= 4 is 27.3 Å². The number of rotatable bonds is 8. The van der Waals surface area contributed by atoms with Gasteiger partial charge in [0.05, 0.1) is 10.8 Å². The van der Waals surface area contributed by atoms with Crippen LogP contribution < -0.4 is 11.1 Å². The summed E-state index contributed by atoms with van der Waals surface area (Å²) in [5, 5.41) is 10.7. The summed E-state index contributed by atoms with van der Waals surface area (Å²) in [6.07, 6.45) is 1.63. The topological polar surface area (TPSA) is 113 Å². The maximum Gasteiger partial charge on any atom is 0.232 e. The van der Waals surface area contributed by atoms with Crippen LogP contribution in [0.3, 0.4) is 0 Å². The number of hydrogen-bond acceptors (Lipinski definition) is 4. The number of nitrogens with one attached hydrogen (secondary N) is 2. The Bertz CT molecular complexity index is 1500. The molecule has 4 aromatic rings. The maximum absolute atomic E-state index is 13.4. The molecule has 0 fully saturated rings. The third-order valence-electron chi connectivity index (χ3n) is 5.95. The van der Waals surface area contributed by atoms with Crippen LogP contribution in [0.15, 0.2) is 108 Å². The van der Waals surface area contributed by atoms with Crippen molar-refractivity contribution in [2.45, 2.75) is 17.2 Å². The molecule has 0 saturated carbocycles. The highest BCUT2D eigenvalue weighted by atomic mass is 32.2. The van der Waals surface area contributed by atoms with Crippen LogP contribution in [0.25, 0.3) is 11.1 Å². The Morgan fingerprint density at radius 1 is 0.889 bits per heavy atom. The molecular formula is C29H27N3O3S. The molecule has 0 bridgehead atoms. The smallest absolute Gasteiger partial charge is 0.232 e. The molecule has 1 unspecified atom stereocenters. The van der Waals surface area contributed by atoms with E-state index < -0.39 is 15.8 Å². The van der Waals surface area contributed by atoms with Crippen molar-refractivity contribution in [2.24, 2.45) is 5.73 Å². The number of carbonyl (C=O) groups is 1. The van der Waals surface area contributed by atoms with Crippen LogP contribution in [0.2, 0.25) is 0 Å². The SMILES string of the molecule is CS(=O)(=O)c1ccccc1-c1ccc(NC(=O)C(Cc2cccc(C(=N)N)c2)c2ccccc2)cc1. The Balaban J connectivity index is 1.59. The van der Waals surface area contributed by atoms with E-state index in [1.807, 2.05) is 48.5 Å². The van der Waals surface area contributed by atoms with Crippen molar-refractivity contribution in [2.75, 3.05) is 11.6 Å². The van der Waals surface area contributed by atoms with Gasteiger partial charge in [-0.15, -0.1) is 0 Å². The van der Waals surface area contributed by atoms with E-state index in [1.165, 1.54) is 6.26 Å². The lowest BCUT2D eigenvalue weighted by atomic mass is 9.90. The van der Waals surface area contributed by atoms with E-state index in [2.05, 4.69) is 5.32 Å². The predicted molar refractivity (Wildman–Crippen MR) is 144 cm³/mol. The van der Waals surface area contributed by atoms with Gasteiger partial charge >= 0.3 is 0 Å². The van der Waals surface area contributed by atoms with Crippen LogP contribution in [-0.2, 0) is 21.1 Å². The molecule has 4 N–H and O–H groups in total. The van der Waals surface area contributed by atoms with Crippen molar-refractivity contribution < 1.29 is 13.2 Å². The Kier molecular flexibility index (Phi) is 7.31. The Hall–Kier alpha value is -4.23. The summed E-state index contributed by atoms with van der Waals surface area (Å²) >= 11 is 0.